The van der Waals surface area contributed by atoms with Gasteiger partial charge in [0, 0.05) is 23.9 Å². The van der Waals surface area contributed by atoms with Gasteiger partial charge in [0.05, 0.1) is 12.3 Å². The first-order chi connectivity index (χ1) is 14.4. The van der Waals surface area contributed by atoms with E-state index in [-0.39, 0.29) is 11.7 Å². The molecule has 2 heterocycles. The number of hydrogen-bond donors (Lipinski definition) is 1. The Morgan fingerprint density at radius 3 is 2.60 bits per heavy atom. The van der Waals surface area contributed by atoms with E-state index in [0.717, 1.165) is 27.9 Å². The molecule has 30 heavy (non-hydrogen) atoms. The number of fused-ring (bicyclic) bond motifs is 1. The lowest BCUT2D eigenvalue weighted by Gasteiger charge is -2.11. The summed E-state index contributed by atoms with van der Waals surface area (Å²) in [7, 11) is 2.02. The second-order valence-electron chi connectivity index (χ2n) is 7.45. The Hall–Kier alpha value is -3.06. The molecule has 4 aromatic rings. The number of thioether (sulfide) groups is 1. The molecule has 1 amide bonds. The third-order valence-electron chi connectivity index (χ3n) is 5.39. The molecule has 0 spiro atoms. The molecule has 0 fully saturated rings. The van der Waals surface area contributed by atoms with Gasteiger partial charge in [0.2, 0.25) is 5.91 Å². The molecule has 0 bridgehead atoms. The molecule has 0 atom stereocenters. The minimum atomic E-state index is -0.0301. The molecule has 4 rings (SSSR count). The van der Waals surface area contributed by atoms with E-state index < -0.39 is 0 Å². The summed E-state index contributed by atoms with van der Waals surface area (Å²) in [6, 6.07) is 16.6. The summed E-state index contributed by atoms with van der Waals surface area (Å²) in [6.07, 6.45) is 0. The fourth-order valence-electron chi connectivity index (χ4n) is 3.48. The smallest absolute Gasteiger partial charge is 0.230 e. The molecule has 0 radical (unpaired) electrons. The number of rotatable bonds is 6. The molecule has 0 aliphatic rings. The second-order valence-corrected chi connectivity index (χ2v) is 8.40. The lowest BCUT2D eigenvalue weighted by molar-refractivity contribution is -0.118. The van der Waals surface area contributed by atoms with Gasteiger partial charge in [0.25, 0.3) is 0 Å². The van der Waals surface area contributed by atoms with Gasteiger partial charge in [-0.1, -0.05) is 36.0 Å². The fraction of sp³-hybridized carbons (Fsp3) is 0.261. The summed E-state index contributed by atoms with van der Waals surface area (Å²) in [6.45, 7) is 6.60. The maximum atomic E-state index is 12.5. The molecule has 0 saturated heterocycles. The highest BCUT2D eigenvalue weighted by atomic mass is 32.2. The van der Waals surface area contributed by atoms with Crippen LogP contribution in [0.4, 0.5) is 0 Å². The van der Waals surface area contributed by atoms with Gasteiger partial charge in [-0.05, 0) is 61.5 Å². The first-order valence-corrected chi connectivity index (χ1v) is 10.8. The highest BCUT2D eigenvalue weighted by Crippen LogP contribution is 2.23. The highest BCUT2D eigenvalue weighted by Gasteiger charge is 2.14. The Morgan fingerprint density at radius 2 is 1.83 bits per heavy atom. The van der Waals surface area contributed by atoms with Gasteiger partial charge in [-0.25, -0.2) is 0 Å². The number of amides is 1. The maximum absolute atomic E-state index is 12.5. The number of carbonyl (C=O) groups is 1. The standard InChI is InChI=1S/C23H25N5OS/c1-15-9-10-19(11-16(15)2)28-17(3)25-26-23(28)30-14-22(29)24-13-20-12-18-7-5-6-8-21(18)27(20)4/h5-12H,13-14H2,1-4H3,(H,24,29). The molecule has 0 unspecified atom stereocenters. The van der Waals surface area contributed by atoms with Gasteiger partial charge >= 0.3 is 0 Å². The van der Waals surface area contributed by atoms with Crippen LogP contribution in [0.1, 0.15) is 22.6 Å². The first kappa shape index (κ1) is 20.2. The van der Waals surface area contributed by atoms with Crippen molar-refractivity contribution in [2.24, 2.45) is 7.05 Å². The molecule has 0 aliphatic heterocycles. The molecular weight excluding hydrogens is 394 g/mol. The first-order valence-electron chi connectivity index (χ1n) is 9.86. The SMILES string of the molecule is Cc1ccc(-n2c(C)nnc2SCC(=O)NCc2cc3ccccc3n2C)cc1C. The van der Waals surface area contributed by atoms with Crippen LogP contribution in [0.2, 0.25) is 0 Å². The average molecular weight is 420 g/mol. The summed E-state index contributed by atoms with van der Waals surface area (Å²) in [4.78, 5) is 12.5. The van der Waals surface area contributed by atoms with Crippen LogP contribution in [-0.4, -0.2) is 31.0 Å². The average Bonchev–Trinajstić information content (AvgIpc) is 3.27. The zero-order valence-corrected chi connectivity index (χ0v) is 18.5. The van der Waals surface area contributed by atoms with Gasteiger partial charge in [-0.2, -0.15) is 0 Å². The van der Waals surface area contributed by atoms with Crippen molar-refractivity contribution >= 4 is 28.6 Å². The Bertz CT molecular complexity index is 1220. The molecule has 2 aromatic heterocycles. The molecule has 154 valence electrons. The van der Waals surface area contributed by atoms with Crippen LogP contribution in [0.5, 0.6) is 0 Å². The van der Waals surface area contributed by atoms with Crippen LogP contribution in [0, 0.1) is 20.8 Å². The van der Waals surface area contributed by atoms with Crippen LogP contribution >= 0.6 is 11.8 Å². The van der Waals surface area contributed by atoms with E-state index in [9.17, 15) is 4.79 Å². The van der Waals surface area contributed by atoms with Crippen LogP contribution in [0.15, 0.2) is 53.7 Å². The largest absolute Gasteiger partial charge is 0.350 e. The van der Waals surface area contributed by atoms with Crippen LogP contribution in [0.25, 0.3) is 16.6 Å². The minimum Gasteiger partial charge on any atom is -0.350 e. The summed E-state index contributed by atoms with van der Waals surface area (Å²) in [5, 5.41) is 13.4. The zero-order valence-electron chi connectivity index (χ0n) is 17.6. The van der Waals surface area contributed by atoms with Crippen molar-refractivity contribution in [3.05, 3.63) is 71.2 Å². The van der Waals surface area contributed by atoms with E-state index in [0.29, 0.717) is 6.54 Å². The van der Waals surface area contributed by atoms with Crippen LogP contribution in [0.3, 0.4) is 0 Å². The second kappa shape index (κ2) is 8.36. The van der Waals surface area contributed by atoms with Gasteiger partial charge in [0.1, 0.15) is 5.82 Å². The van der Waals surface area contributed by atoms with Crippen molar-refractivity contribution in [3.8, 4) is 5.69 Å². The van der Waals surface area contributed by atoms with E-state index in [2.05, 4.69) is 70.3 Å². The Balaban J connectivity index is 1.42. The van der Waals surface area contributed by atoms with Gasteiger partial charge in [-0.3, -0.25) is 9.36 Å². The highest BCUT2D eigenvalue weighted by molar-refractivity contribution is 7.99. The van der Waals surface area contributed by atoms with Crippen molar-refractivity contribution in [2.45, 2.75) is 32.5 Å². The molecule has 6 nitrogen and oxygen atoms in total. The van der Waals surface area contributed by atoms with E-state index in [4.69, 9.17) is 0 Å². The fourth-order valence-corrected chi connectivity index (χ4v) is 4.31. The van der Waals surface area contributed by atoms with Gasteiger partial charge in [0.15, 0.2) is 5.16 Å². The third kappa shape index (κ3) is 3.98. The van der Waals surface area contributed by atoms with Gasteiger partial charge < -0.3 is 9.88 Å². The lowest BCUT2D eigenvalue weighted by atomic mass is 10.1. The number of aromatic nitrogens is 4. The monoisotopic (exact) mass is 419 g/mol. The number of benzene rings is 2. The minimum absolute atomic E-state index is 0.0301. The predicted octanol–water partition coefficient (Wildman–Crippen LogP) is 4.09. The molecule has 0 aliphatic carbocycles. The van der Waals surface area contributed by atoms with Crippen molar-refractivity contribution in [3.63, 3.8) is 0 Å². The van der Waals surface area contributed by atoms with E-state index in [1.807, 2.05) is 30.7 Å². The summed E-state index contributed by atoms with van der Waals surface area (Å²) in [5.41, 5.74) is 5.70. The number of para-hydroxylation sites is 1. The van der Waals surface area contributed by atoms with Crippen molar-refractivity contribution in [1.82, 2.24) is 24.6 Å². The van der Waals surface area contributed by atoms with Gasteiger partial charge in [-0.15, -0.1) is 10.2 Å². The number of nitrogens with one attached hydrogen (secondary N) is 1. The van der Waals surface area contributed by atoms with Crippen LogP contribution < -0.4 is 5.32 Å². The number of aryl methyl sites for hydroxylation is 4. The Labute approximate surface area is 180 Å². The van der Waals surface area contributed by atoms with Crippen LogP contribution in [-0.2, 0) is 18.4 Å². The quantitative estimate of drug-likeness (QED) is 0.478. The maximum Gasteiger partial charge on any atom is 0.230 e. The number of carbonyl (C=O) groups excluding carboxylic acids is 1. The molecule has 1 N–H and O–H groups in total. The molecule has 2 aromatic carbocycles. The van der Waals surface area contributed by atoms with Crippen molar-refractivity contribution in [2.75, 3.05) is 5.75 Å². The summed E-state index contributed by atoms with van der Waals surface area (Å²) >= 11 is 1.40. The predicted molar refractivity (Wildman–Crippen MR) is 121 cm³/mol. The zero-order chi connectivity index (χ0) is 21.3. The Kier molecular flexibility index (Phi) is 5.63. The topological polar surface area (TPSA) is 64.7 Å². The van der Waals surface area contributed by atoms with E-state index in [1.54, 1.807) is 0 Å². The van der Waals surface area contributed by atoms with E-state index >= 15 is 0 Å². The Morgan fingerprint density at radius 1 is 1.03 bits per heavy atom. The normalized spacial score (nSPS) is 11.2. The van der Waals surface area contributed by atoms with Crippen molar-refractivity contribution in [1.29, 1.82) is 0 Å². The number of hydrogen-bond acceptors (Lipinski definition) is 4. The molecule has 7 heteroatoms. The molecule has 0 saturated carbocycles. The van der Waals surface area contributed by atoms with E-state index in [1.165, 1.54) is 28.3 Å². The lowest BCUT2D eigenvalue weighted by Crippen LogP contribution is -2.25. The summed E-state index contributed by atoms with van der Waals surface area (Å²) in [5.74, 6) is 1.06. The number of nitrogens with zero attached hydrogens (tertiary/aromatic N) is 4. The molecular formula is C23H25N5OS. The summed E-state index contributed by atoms with van der Waals surface area (Å²) < 4.78 is 4.11. The third-order valence-corrected chi connectivity index (χ3v) is 6.32. The van der Waals surface area contributed by atoms with Crippen molar-refractivity contribution < 1.29 is 4.79 Å².